The van der Waals surface area contributed by atoms with Crippen LogP contribution in [0.1, 0.15) is 34.1 Å². The van der Waals surface area contributed by atoms with Crippen LogP contribution in [0.5, 0.6) is 0 Å². The fraction of sp³-hybridized carbons (Fsp3) is 1.00. The van der Waals surface area contributed by atoms with Gasteiger partial charge in [-0.15, -0.1) is 0 Å². The Kier molecular flexibility index (Phi) is 2.58. The minimum absolute atomic E-state index is 0.518. The molecule has 0 radical (unpaired) electrons. The normalized spacial score (nSPS) is 27.8. The van der Waals surface area contributed by atoms with Gasteiger partial charge in [-0.05, 0) is 30.8 Å². The molecule has 11 heavy (non-hydrogen) atoms. The lowest BCUT2D eigenvalue weighted by Crippen LogP contribution is -2.25. The summed E-state index contributed by atoms with van der Waals surface area (Å²) < 4.78 is 0. The highest BCUT2D eigenvalue weighted by Crippen LogP contribution is 2.33. The van der Waals surface area contributed by atoms with Gasteiger partial charge in [0.05, 0.1) is 0 Å². The van der Waals surface area contributed by atoms with Gasteiger partial charge in [-0.1, -0.05) is 27.7 Å². The molecule has 0 aromatic heterocycles. The third kappa shape index (κ3) is 2.19. The van der Waals surface area contributed by atoms with Crippen LogP contribution in [0.4, 0.5) is 0 Å². The Bertz CT molecular complexity index is 123. The summed E-state index contributed by atoms with van der Waals surface area (Å²) in [6.07, 6.45) is 1.40. The van der Waals surface area contributed by atoms with Gasteiger partial charge in [0.15, 0.2) is 0 Å². The molecule has 1 saturated heterocycles. The van der Waals surface area contributed by atoms with Gasteiger partial charge in [0, 0.05) is 6.54 Å². The van der Waals surface area contributed by atoms with Crippen LogP contribution in [-0.4, -0.2) is 24.5 Å². The second-order valence-corrected chi connectivity index (χ2v) is 4.74. The summed E-state index contributed by atoms with van der Waals surface area (Å²) in [6.45, 7) is 13.2. The molecule has 0 aromatic carbocycles. The lowest BCUT2D eigenvalue weighted by Gasteiger charge is -2.26. The van der Waals surface area contributed by atoms with E-state index in [2.05, 4.69) is 32.6 Å². The number of hydrogen-bond acceptors (Lipinski definition) is 1. The molecule has 1 aliphatic heterocycles. The topological polar surface area (TPSA) is 3.24 Å². The Morgan fingerprint density at radius 1 is 1.36 bits per heavy atom. The molecule has 0 N–H and O–H groups in total. The summed E-state index contributed by atoms with van der Waals surface area (Å²) in [6, 6.07) is 0. The first kappa shape index (κ1) is 9.05. The Hall–Kier alpha value is -0.0400. The Morgan fingerprint density at radius 3 is 2.27 bits per heavy atom. The van der Waals surface area contributed by atoms with E-state index in [1.165, 1.54) is 26.1 Å². The van der Waals surface area contributed by atoms with E-state index in [1.807, 2.05) is 0 Å². The van der Waals surface area contributed by atoms with E-state index in [0.717, 1.165) is 5.92 Å². The van der Waals surface area contributed by atoms with Crippen molar-refractivity contribution in [2.45, 2.75) is 34.1 Å². The maximum atomic E-state index is 2.55. The van der Waals surface area contributed by atoms with Crippen molar-refractivity contribution in [3.05, 3.63) is 0 Å². The molecular weight excluding hydrogens is 134 g/mol. The zero-order chi connectivity index (χ0) is 8.48. The molecule has 1 fully saturated rings. The summed E-state index contributed by atoms with van der Waals surface area (Å²) in [5.74, 6) is 0.919. The maximum absolute atomic E-state index is 2.55. The molecule has 1 rings (SSSR count). The van der Waals surface area contributed by atoms with Crippen molar-refractivity contribution >= 4 is 0 Å². The lowest BCUT2D eigenvalue weighted by molar-refractivity contribution is 0.233. The van der Waals surface area contributed by atoms with Crippen LogP contribution in [0.15, 0.2) is 0 Å². The predicted molar refractivity (Wildman–Crippen MR) is 49.7 cm³/mol. The maximum Gasteiger partial charge on any atom is 0.00150 e. The third-order valence-electron chi connectivity index (χ3n) is 2.94. The van der Waals surface area contributed by atoms with Crippen LogP contribution in [0.2, 0.25) is 0 Å². The minimum atomic E-state index is 0.518. The van der Waals surface area contributed by atoms with E-state index in [4.69, 9.17) is 0 Å². The smallest absolute Gasteiger partial charge is 0.00150 e. The lowest BCUT2D eigenvalue weighted by atomic mass is 9.80. The summed E-state index contributed by atoms with van der Waals surface area (Å²) in [5.41, 5.74) is 0.518. The second-order valence-electron chi connectivity index (χ2n) is 4.74. The first-order valence-electron chi connectivity index (χ1n) is 4.76. The predicted octanol–water partition coefficient (Wildman–Crippen LogP) is 2.37. The largest absolute Gasteiger partial charge is 0.303 e. The van der Waals surface area contributed by atoms with Crippen molar-refractivity contribution in [2.75, 3.05) is 19.6 Å². The van der Waals surface area contributed by atoms with Crippen LogP contribution >= 0.6 is 0 Å². The number of rotatable bonds is 1. The van der Waals surface area contributed by atoms with Gasteiger partial charge in [-0.25, -0.2) is 0 Å². The number of hydrogen-bond donors (Lipinski definition) is 0. The van der Waals surface area contributed by atoms with E-state index >= 15 is 0 Å². The van der Waals surface area contributed by atoms with Crippen LogP contribution in [0.3, 0.4) is 0 Å². The quantitative estimate of drug-likeness (QED) is 0.562. The molecule has 0 saturated carbocycles. The summed E-state index contributed by atoms with van der Waals surface area (Å²) >= 11 is 0. The van der Waals surface area contributed by atoms with Crippen molar-refractivity contribution in [1.29, 1.82) is 0 Å². The second kappa shape index (κ2) is 3.14. The van der Waals surface area contributed by atoms with Gasteiger partial charge < -0.3 is 4.90 Å². The molecule has 1 aliphatic rings. The molecule has 0 bridgehead atoms. The van der Waals surface area contributed by atoms with Crippen LogP contribution < -0.4 is 0 Å². The minimum Gasteiger partial charge on any atom is -0.303 e. The Morgan fingerprint density at radius 2 is 2.00 bits per heavy atom. The first-order chi connectivity index (χ1) is 5.04. The SMILES string of the molecule is CCN1CC[C@H](C(C)(C)C)C1. The molecule has 66 valence electrons. The highest BCUT2D eigenvalue weighted by atomic mass is 15.1. The van der Waals surface area contributed by atoms with E-state index in [1.54, 1.807) is 0 Å². The zero-order valence-electron chi connectivity index (χ0n) is 8.35. The molecule has 0 amide bonds. The van der Waals surface area contributed by atoms with E-state index < -0.39 is 0 Å². The molecule has 1 nitrogen and oxygen atoms in total. The third-order valence-corrected chi connectivity index (χ3v) is 2.94. The van der Waals surface area contributed by atoms with Crippen molar-refractivity contribution in [3.8, 4) is 0 Å². The molecule has 0 unspecified atom stereocenters. The standard InChI is InChI=1S/C10H21N/c1-5-11-7-6-9(8-11)10(2,3)4/h9H,5-8H2,1-4H3/t9-/m0/s1. The molecule has 0 aliphatic carbocycles. The fourth-order valence-corrected chi connectivity index (χ4v) is 1.83. The summed E-state index contributed by atoms with van der Waals surface area (Å²) in [7, 11) is 0. The van der Waals surface area contributed by atoms with Gasteiger partial charge in [0.25, 0.3) is 0 Å². The van der Waals surface area contributed by atoms with Gasteiger partial charge in [0.1, 0.15) is 0 Å². The van der Waals surface area contributed by atoms with Gasteiger partial charge in [0.2, 0.25) is 0 Å². The average Bonchev–Trinajstić information content (AvgIpc) is 2.32. The Labute approximate surface area is 70.8 Å². The number of likely N-dealkylation sites (tertiary alicyclic amines) is 1. The van der Waals surface area contributed by atoms with Crippen LogP contribution in [-0.2, 0) is 0 Å². The molecular formula is C10H21N. The summed E-state index contributed by atoms with van der Waals surface area (Å²) in [4.78, 5) is 2.55. The summed E-state index contributed by atoms with van der Waals surface area (Å²) in [5, 5.41) is 0. The van der Waals surface area contributed by atoms with E-state index in [0.29, 0.717) is 5.41 Å². The van der Waals surface area contributed by atoms with Crippen molar-refractivity contribution < 1.29 is 0 Å². The van der Waals surface area contributed by atoms with Crippen molar-refractivity contribution in [2.24, 2.45) is 11.3 Å². The van der Waals surface area contributed by atoms with Gasteiger partial charge in [-0.3, -0.25) is 0 Å². The fourth-order valence-electron chi connectivity index (χ4n) is 1.83. The molecule has 1 heterocycles. The van der Waals surface area contributed by atoms with E-state index in [9.17, 15) is 0 Å². The van der Waals surface area contributed by atoms with Crippen molar-refractivity contribution in [3.63, 3.8) is 0 Å². The number of nitrogens with zero attached hydrogens (tertiary/aromatic N) is 1. The monoisotopic (exact) mass is 155 g/mol. The van der Waals surface area contributed by atoms with E-state index in [-0.39, 0.29) is 0 Å². The molecule has 0 aromatic rings. The average molecular weight is 155 g/mol. The first-order valence-corrected chi connectivity index (χ1v) is 4.76. The Balaban J connectivity index is 2.42. The molecule has 1 heteroatoms. The van der Waals surface area contributed by atoms with Crippen molar-refractivity contribution in [1.82, 2.24) is 4.90 Å². The zero-order valence-corrected chi connectivity index (χ0v) is 8.35. The van der Waals surface area contributed by atoms with Gasteiger partial charge >= 0.3 is 0 Å². The molecule has 0 spiro atoms. The highest BCUT2D eigenvalue weighted by molar-refractivity contribution is 4.83. The van der Waals surface area contributed by atoms with Crippen LogP contribution in [0, 0.1) is 11.3 Å². The van der Waals surface area contributed by atoms with Crippen LogP contribution in [0.25, 0.3) is 0 Å². The molecule has 1 atom stereocenters. The highest BCUT2D eigenvalue weighted by Gasteiger charge is 2.30. The van der Waals surface area contributed by atoms with Gasteiger partial charge in [-0.2, -0.15) is 0 Å².